The van der Waals surface area contributed by atoms with Gasteiger partial charge in [0, 0.05) is 23.7 Å². The Morgan fingerprint density at radius 2 is 1.93 bits per heavy atom. The highest BCUT2D eigenvalue weighted by atomic mass is 14.7. The van der Waals surface area contributed by atoms with Crippen molar-refractivity contribution in [2.24, 2.45) is 0 Å². The van der Waals surface area contributed by atoms with Crippen molar-refractivity contribution in [3.63, 3.8) is 0 Å². The van der Waals surface area contributed by atoms with Crippen molar-refractivity contribution >= 4 is 0 Å². The molecule has 0 aliphatic rings. The van der Waals surface area contributed by atoms with Crippen molar-refractivity contribution in [1.29, 1.82) is 0 Å². The fourth-order valence-corrected chi connectivity index (χ4v) is 1.31. The first kappa shape index (κ1) is 8.88. The maximum absolute atomic E-state index is 4.50. The molecular formula is C12H12N2. The molecule has 0 aliphatic carbocycles. The van der Waals surface area contributed by atoms with Gasteiger partial charge in [0.15, 0.2) is 0 Å². The Kier molecular flexibility index (Phi) is 2.27. The van der Waals surface area contributed by atoms with Crippen LogP contribution < -0.4 is 0 Å². The fourth-order valence-electron chi connectivity index (χ4n) is 1.31. The van der Waals surface area contributed by atoms with E-state index in [2.05, 4.69) is 23.0 Å². The van der Waals surface area contributed by atoms with E-state index >= 15 is 0 Å². The van der Waals surface area contributed by atoms with Crippen LogP contribution in [0.3, 0.4) is 0 Å². The first-order chi connectivity index (χ1) is 6.77. The second kappa shape index (κ2) is 3.58. The summed E-state index contributed by atoms with van der Waals surface area (Å²) in [7, 11) is 0. The van der Waals surface area contributed by atoms with Crippen LogP contribution in [0, 0.1) is 13.8 Å². The lowest BCUT2D eigenvalue weighted by Crippen LogP contribution is -1.90. The monoisotopic (exact) mass is 184 g/mol. The van der Waals surface area contributed by atoms with Crippen LogP contribution in [0.4, 0.5) is 0 Å². The SMILES string of the molecule is Cc1ccc(-c2cccnc2)nc1C. The molecule has 0 atom stereocenters. The summed E-state index contributed by atoms with van der Waals surface area (Å²) in [5.41, 5.74) is 4.35. The molecule has 0 saturated carbocycles. The molecule has 0 unspecified atom stereocenters. The predicted octanol–water partition coefficient (Wildman–Crippen LogP) is 2.76. The summed E-state index contributed by atoms with van der Waals surface area (Å²) >= 11 is 0. The van der Waals surface area contributed by atoms with Crippen molar-refractivity contribution in [1.82, 2.24) is 9.97 Å². The summed E-state index contributed by atoms with van der Waals surface area (Å²) in [5, 5.41) is 0. The van der Waals surface area contributed by atoms with Gasteiger partial charge in [-0.05, 0) is 37.6 Å². The van der Waals surface area contributed by atoms with Gasteiger partial charge in [-0.3, -0.25) is 9.97 Å². The highest BCUT2D eigenvalue weighted by Gasteiger charge is 2.00. The van der Waals surface area contributed by atoms with Crippen LogP contribution in [0.1, 0.15) is 11.3 Å². The van der Waals surface area contributed by atoms with Crippen LogP contribution in [0.15, 0.2) is 36.7 Å². The van der Waals surface area contributed by atoms with Crippen LogP contribution in [0.5, 0.6) is 0 Å². The van der Waals surface area contributed by atoms with Crippen molar-refractivity contribution in [3.8, 4) is 11.3 Å². The number of aromatic nitrogens is 2. The van der Waals surface area contributed by atoms with Crippen molar-refractivity contribution in [2.75, 3.05) is 0 Å². The van der Waals surface area contributed by atoms with E-state index in [1.165, 1.54) is 5.56 Å². The Labute approximate surface area is 83.7 Å². The van der Waals surface area contributed by atoms with Crippen LogP contribution in [-0.4, -0.2) is 9.97 Å². The Balaban J connectivity index is 2.48. The van der Waals surface area contributed by atoms with Gasteiger partial charge >= 0.3 is 0 Å². The lowest BCUT2D eigenvalue weighted by molar-refractivity contribution is 1.15. The summed E-state index contributed by atoms with van der Waals surface area (Å²) in [6.07, 6.45) is 3.60. The zero-order valence-electron chi connectivity index (χ0n) is 8.36. The second-order valence-electron chi connectivity index (χ2n) is 3.34. The summed E-state index contributed by atoms with van der Waals surface area (Å²) in [4.78, 5) is 8.58. The molecule has 2 aromatic rings. The average Bonchev–Trinajstić information content (AvgIpc) is 2.23. The molecule has 0 bridgehead atoms. The molecule has 14 heavy (non-hydrogen) atoms. The van der Waals surface area contributed by atoms with E-state index in [-0.39, 0.29) is 0 Å². The summed E-state index contributed by atoms with van der Waals surface area (Å²) in [6.45, 7) is 4.09. The van der Waals surface area contributed by atoms with Gasteiger partial charge in [0.25, 0.3) is 0 Å². The normalized spacial score (nSPS) is 10.1. The summed E-state index contributed by atoms with van der Waals surface area (Å²) in [6, 6.07) is 8.06. The molecule has 2 heteroatoms. The molecule has 0 aromatic carbocycles. The highest BCUT2D eigenvalue weighted by Crippen LogP contribution is 2.16. The lowest BCUT2D eigenvalue weighted by Gasteiger charge is -2.03. The minimum absolute atomic E-state index is 0.987. The Bertz CT molecular complexity index is 435. The van der Waals surface area contributed by atoms with E-state index in [1.807, 2.05) is 31.3 Å². The largest absolute Gasteiger partial charge is 0.264 e. The zero-order valence-corrected chi connectivity index (χ0v) is 8.36. The molecule has 70 valence electrons. The molecule has 2 aromatic heterocycles. The topological polar surface area (TPSA) is 25.8 Å². The number of pyridine rings is 2. The van der Waals surface area contributed by atoms with E-state index in [1.54, 1.807) is 6.20 Å². The summed E-state index contributed by atoms with van der Waals surface area (Å²) < 4.78 is 0. The van der Waals surface area contributed by atoms with E-state index < -0.39 is 0 Å². The molecular weight excluding hydrogens is 172 g/mol. The standard InChI is InChI=1S/C12H12N2/c1-9-5-6-12(14-10(9)2)11-4-3-7-13-8-11/h3-8H,1-2H3. The second-order valence-corrected chi connectivity index (χ2v) is 3.34. The third kappa shape index (κ3) is 1.64. The molecule has 2 rings (SSSR count). The maximum Gasteiger partial charge on any atom is 0.0720 e. The van der Waals surface area contributed by atoms with Crippen LogP contribution in [-0.2, 0) is 0 Å². The zero-order chi connectivity index (χ0) is 9.97. The third-order valence-corrected chi connectivity index (χ3v) is 2.31. The van der Waals surface area contributed by atoms with Gasteiger partial charge in [0.2, 0.25) is 0 Å². The van der Waals surface area contributed by atoms with Gasteiger partial charge in [0.1, 0.15) is 0 Å². The average molecular weight is 184 g/mol. The van der Waals surface area contributed by atoms with Gasteiger partial charge in [-0.15, -0.1) is 0 Å². The van der Waals surface area contributed by atoms with Crippen molar-refractivity contribution < 1.29 is 0 Å². The Morgan fingerprint density at radius 3 is 2.57 bits per heavy atom. The quantitative estimate of drug-likeness (QED) is 0.681. The molecule has 2 nitrogen and oxygen atoms in total. The van der Waals surface area contributed by atoms with Gasteiger partial charge < -0.3 is 0 Å². The van der Waals surface area contributed by atoms with E-state index in [4.69, 9.17) is 0 Å². The van der Waals surface area contributed by atoms with Gasteiger partial charge in [-0.2, -0.15) is 0 Å². The first-order valence-electron chi connectivity index (χ1n) is 4.62. The molecule has 0 N–H and O–H groups in total. The highest BCUT2D eigenvalue weighted by molar-refractivity contribution is 5.58. The molecule has 0 aliphatic heterocycles. The van der Waals surface area contributed by atoms with Gasteiger partial charge in [-0.1, -0.05) is 6.07 Å². The third-order valence-electron chi connectivity index (χ3n) is 2.31. The molecule has 0 spiro atoms. The van der Waals surface area contributed by atoms with Gasteiger partial charge in [0.05, 0.1) is 5.69 Å². The Hall–Kier alpha value is -1.70. The van der Waals surface area contributed by atoms with Crippen molar-refractivity contribution in [3.05, 3.63) is 47.9 Å². The predicted molar refractivity (Wildman–Crippen MR) is 56.9 cm³/mol. The first-order valence-corrected chi connectivity index (χ1v) is 4.62. The minimum atomic E-state index is 0.987. The number of nitrogens with zero attached hydrogens (tertiary/aromatic N) is 2. The number of aryl methyl sites for hydroxylation is 2. The van der Waals surface area contributed by atoms with Crippen LogP contribution >= 0.6 is 0 Å². The number of hydrogen-bond donors (Lipinski definition) is 0. The van der Waals surface area contributed by atoms with E-state index in [9.17, 15) is 0 Å². The molecule has 0 saturated heterocycles. The van der Waals surface area contributed by atoms with Crippen LogP contribution in [0.25, 0.3) is 11.3 Å². The maximum atomic E-state index is 4.50. The molecule has 0 radical (unpaired) electrons. The number of rotatable bonds is 1. The lowest BCUT2D eigenvalue weighted by atomic mass is 10.1. The Morgan fingerprint density at radius 1 is 1.07 bits per heavy atom. The minimum Gasteiger partial charge on any atom is -0.264 e. The molecule has 0 amide bonds. The van der Waals surface area contributed by atoms with E-state index in [0.717, 1.165) is 17.0 Å². The summed E-state index contributed by atoms with van der Waals surface area (Å²) in [5.74, 6) is 0. The van der Waals surface area contributed by atoms with Gasteiger partial charge in [-0.25, -0.2) is 0 Å². The van der Waals surface area contributed by atoms with E-state index in [0.29, 0.717) is 0 Å². The smallest absolute Gasteiger partial charge is 0.0720 e. The molecule has 2 heterocycles. The fraction of sp³-hybridized carbons (Fsp3) is 0.167. The van der Waals surface area contributed by atoms with Crippen molar-refractivity contribution in [2.45, 2.75) is 13.8 Å². The number of hydrogen-bond acceptors (Lipinski definition) is 2. The molecule has 0 fully saturated rings. The van der Waals surface area contributed by atoms with Crippen LogP contribution in [0.2, 0.25) is 0 Å².